The van der Waals surface area contributed by atoms with Gasteiger partial charge in [-0.25, -0.2) is 9.18 Å². The Labute approximate surface area is 98.0 Å². The topological polar surface area (TPSA) is 47.6 Å². The maximum absolute atomic E-state index is 12.9. The number of ether oxygens (including phenoxy) is 2. The van der Waals surface area contributed by atoms with Gasteiger partial charge in [0.25, 0.3) is 0 Å². The van der Waals surface area contributed by atoms with Gasteiger partial charge < -0.3 is 14.8 Å². The van der Waals surface area contributed by atoms with E-state index in [1.54, 1.807) is 13.0 Å². The highest BCUT2D eigenvalue weighted by molar-refractivity contribution is 5.84. The van der Waals surface area contributed by atoms with Crippen LogP contribution in [-0.2, 0) is 9.53 Å². The van der Waals surface area contributed by atoms with Gasteiger partial charge in [0.2, 0.25) is 0 Å². The van der Waals surface area contributed by atoms with Crippen molar-refractivity contribution in [1.82, 2.24) is 0 Å². The molecule has 0 amide bonds. The predicted octanol–water partition coefficient (Wildman–Crippen LogP) is 2.08. The molecule has 90 valence electrons. The second kappa shape index (κ2) is 4.86. The first-order valence-electron chi connectivity index (χ1n) is 5.25. The molecule has 2 rings (SSSR count). The maximum atomic E-state index is 12.9. The molecule has 17 heavy (non-hydrogen) atoms. The van der Waals surface area contributed by atoms with Crippen LogP contribution < -0.4 is 10.1 Å². The van der Waals surface area contributed by atoms with Crippen LogP contribution in [0.25, 0.3) is 0 Å². The number of benzene rings is 1. The van der Waals surface area contributed by atoms with Gasteiger partial charge in [0.05, 0.1) is 18.0 Å². The minimum atomic E-state index is -0.427. The summed E-state index contributed by atoms with van der Waals surface area (Å²) in [5, 5.41) is 2.98. The third kappa shape index (κ3) is 2.75. The molecule has 0 saturated carbocycles. The SMILES string of the molecule is CCOC(=O)/C=C1\COc2cc(F)ccc2N1. The van der Waals surface area contributed by atoms with Crippen molar-refractivity contribution in [3.05, 3.63) is 35.8 Å². The molecule has 0 fully saturated rings. The number of hydrogen-bond acceptors (Lipinski definition) is 4. The second-order valence-electron chi connectivity index (χ2n) is 3.48. The van der Waals surface area contributed by atoms with Gasteiger partial charge in [0, 0.05) is 12.1 Å². The summed E-state index contributed by atoms with van der Waals surface area (Å²) in [4.78, 5) is 11.2. The van der Waals surface area contributed by atoms with E-state index in [0.29, 0.717) is 23.7 Å². The van der Waals surface area contributed by atoms with Gasteiger partial charge in [-0.15, -0.1) is 0 Å². The van der Waals surface area contributed by atoms with Crippen LogP contribution in [0.5, 0.6) is 5.75 Å². The molecule has 1 aromatic rings. The van der Waals surface area contributed by atoms with E-state index in [2.05, 4.69) is 5.32 Å². The first kappa shape index (κ1) is 11.4. The van der Waals surface area contributed by atoms with Crippen molar-refractivity contribution in [2.45, 2.75) is 6.92 Å². The summed E-state index contributed by atoms with van der Waals surface area (Å²) in [6, 6.07) is 4.18. The first-order chi connectivity index (χ1) is 8.19. The number of fused-ring (bicyclic) bond motifs is 1. The van der Waals surface area contributed by atoms with Gasteiger partial charge >= 0.3 is 5.97 Å². The number of nitrogens with one attached hydrogen (secondary N) is 1. The molecule has 1 N–H and O–H groups in total. The zero-order valence-electron chi connectivity index (χ0n) is 9.33. The van der Waals surface area contributed by atoms with Gasteiger partial charge in [0.15, 0.2) is 0 Å². The number of carbonyl (C=O) groups is 1. The molecule has 5 heteroatoms. The third-order valence-electron chi connectivity index (χ3n) is 2.20. The van der Waals surface area contributed by atoms with Crippen LogP contribution in [0.4, 0.5) is 10.1 Å². The molecule has 0 spiro atoms. The monoisotopic (exact) mass is 237 g/mol. The average Bonchev–Trinajstić information content (AvgIpc) is 2.29. The lowest BCUT2D eigenvalue weighted by molar-refractivity contribution is -0.137. The van der Waals surface area contributed by atoms with Crippen LogP contribution in [0, 0.1) is 5.82 Å². The highest BCUT2D eigenvalue weighted by atomic mass is 19.1. The van der Waals surface area contributed by atoms with E-state index in [4.69, 9.17) is 9.47 Å². The average molecular weight is 237 g/mol. The maximum Gasteiger partial charge on any atom is 0.332 e. The number of anilines is 1. The Morgan fingerprint density at radius 3 is 3.24 bits per heavy atom. The summed E-state index contributed by atoms with van der Waals surface area (Å²) in [6.45, 7) is 2.25. The number of hydrogen-bond donors (Lipinski definition) is 1. The summed E-state index contributed by atoms with van der Waals surface area (Å²) in [5.74, 6) is -0.349. The van der Waals surface area contributed by atoms with E-state index < -0.39 is 5.97 Å². The highest BCUT2D eigenvalue weighted by Gasteiger charge is 2.15. The fraction of sp³-hybridized carbons (Fsp3) is 0.250. The highest BCUT2D eigenvalue weighted by Crippen LogP contribution is 2.30. The fourth-order valence-corrected chi connectivity index (χ4v) is 1.49. The largest absolute Gasteiger partial charge is 0.485 e. The zero-order valence-corrected chi connectivity index (χ0v) is 9.33. The molecule has 1 aromatic carbocycles. The number of rotatable bonds is 2. The van der Waals surface area contributed by atoms with Crippen LogP contribution in [0.1, 0.15) is 6.92 Å². The van der Waals surface area contributed by atoms with E-state index in [1.807, 2.05) is 0 Å². The third-order valence-corrected chi connectivity index (χ3v) is 2.20. The van der Waals surface area contributed by atoms with Crippen molar-refractivity contribution in [1.29, 1.82) is 0 Å². The van der Waals surface area contributed by atoms with E-state index in [1.165, 1.54) is 18.2 Å². The lowest BCUT2D eigenvalue weighted by Gasteiger charge is -2.21. The fourth-order valence-electron chi connectivity index (χ4n) is 1.49. The Kier molecular flexibility index (Phi) is 3.27. The van der Waals surface area contributed by atoms with E-state index in [-0.39, 0.29) is 12.4 Å². The number of carbonyl (C=O) groups excluding carboxylic acids is 1. The second-order valence-corrected chi connectivity index (χ2v) is 3.48. The van der Waals surface area contributed by atoms with Gasteiger partial charge in [-0.05, 0) is 19.1 Å². The van der Waals surface area contributed by atoms with Crippen molar-refractivity contribution in [2.75, 3.05) is 18.5 Å². The lowest BCUT2D eigenvalue weighted by Crippen LogP contribution is -2.18. The molecule has 0 aromatic heterocycles. The molecular formula is C12H12FNO3. The zero-order chi connectivity index (χ0) is 12.3. The summed E-state index contributed by atoms with van der Waals surface area (Å²) >= 11 is 0. The van der Waals surface area contributed by atoms with Crippen LogP contribution in [-0.4, -0.2) is 19.2 Å². The Balaban J connectivity index is 2.13. The number of halogens is 1. The van der Waals surface area contributed by atoms with Crippen molar-refractivity contribution < 1.29 is 18.7 Å². The molecule has 1 heterocycles. The van der Waals surface area contributed by atoms with E-state index >= 15 is 0 Å². The van der Waals surface area contributed by atoms with Crippen molar-refractivity contribution in [2.24, 2.45) is 0 Å². The number of esters is 1. The molecule has 1 aliphatic heterocycles. The van der Waals surface area contributed by atoms with Gasteiger partial charge in [-0.3, -0.25) is 0 Å². The summed E-state index contributed by atoms with van der Waals surface area (Å²) in [5.41, 5.74) is 1.22. The molecule has 0 atom stereocenters. The molecule has 0 radical (unpaired) electrons. The van der Waals surface area contributed by atoms with Crippen molar-refractivity contribution >= 4 is 11.7 Å². The Bertz CT molecular complexity index is 471. The molecule has 0 saturated heterocycles. The molecule has 0 unspecified atom stereocenters. The quantitative estimate of drug-likeness (QED) is 0.632. The molecule has 0 bridgehead atoms. The molecule has 0 aliphatic carbocycles. The Hall–Kier alpha value is -2.04. The summed E-state index contributed by atoms with van der Waals surface area (Å²) in [6.07, 6.45) is 1.33. The Morgan fingerprint density at radius 1 is 1.65 bits per heavy atom. The molecule has 1 aliphatic rings. The lowest BCUT2D eigenvalue weighted by atomic mass is 10.2. The summed E-state index contributed by atoms with van der Waals surface area (Å²) in [7, 11) is 0. The summed E-state index contributed by atoms with van der Waals surface area (Å²) < 4.78 is 23.0. The van der Waals surface area contributed by atoms with Crippen molar-refractivity contribution in [3.63, 3.8) is 0 Å². The van der Waals surface area contributed by atoms with Crippen LogP contribution >= 0.6 is 0 Å². The van der Waals surface area contributed by atoms with Gasteiger partial charge in [-0.1, -0.05) is 0 Å². The molecule has 4 nitrogen and oxygen atoms in total. The van der Waals surface area contributed by atoms with Crippen LogP contribution in [0.2, 0.25) is 0 Å². The minimum absolute atomic E-state index is 0.190. The smallest absolute Gasteiger partial charge is 0.332 e. The van der Waals surface area contributed by atoms with Crippen LogP contribution in [0.15, 0.2) is 30.0 Å². The Morgan fingerprint density at radius 2 is 2.47 bits per heavy atom. The molecular weight excluding hydrogens is 225 g/mol. The van der Waals surface area contributed by atoms with Gasteiger partial charge in [0.1, 0.15) is 18.2 Å². The van der Waals surface area contributed by atoms with Crippen molar-refractivity contribution in [3.8, 4) is 5.75 Å². The van der Waals surface area contributed by atoms with E-state index in [0.717, 1.165) is 0 Å². The first-order valence-corrected chi connectivity index (χ1v) is 5.25. The van der Waals surface area contributed by atoms with Crippen LogP contribution in [0.3, 0.4) is 0 Å². The van der Waals surface area contributed by atoms with E-state index in [9.17, 15) is 9.18 Å². The standard InChI is InChI=1S/C12H12FNO3/c1-2-16-12(15)6-9-7-17-11-5-8(13)3-4-10(11)14-9/h3-6,14H,2,7H2,1H3/b9-6+. The normalized spacial score (nSPS) is 15.8. The predicted molar refractivity (Wildman–Crippen MR) is 60.2 cm³/mol. The van der Waals surface area contributed by atoms with Gasteiger partial charge in [-0.2, -0.15) is 0 Å². The minimum Gasteiger partial charge on any atom is -0.485 e.